The molecule has 3 nitrogen and oxygen atoms in total. The lowest BCUT2D eigenvalue weighted by Crippen LogP contribution is -2.70. The molecule has 0 aliphatic rings. The second-order valence-electron chi connectivity index (χ2n) is 16.7. The van der Waals surface area contributed by atoms with Gasteiger partial charge in [-0.3, -0.25) is 0 Å². The summed E-state index contributed by atoms with van der Waals surface area (Å²) in [7, 11) is -8.13. The van der Waals surface area contributed by atoms with Crippen LogP contribution in [0, 0.1) is 0 Å². The Morgan fingerprint density at radius 3 is 1.30 bits per heavy atom. The molecule has 0 bridgehead atoms. The lowest BCUT2D eigenvalue weighted by atomic mass is 9.78. The summed E-state index contributed by atoms with van der Waals surface area (Å²) in [6.45, 7) is 43.9. The Balaban J connectivity index is 7.33. The summed E-state index contributed by atoms with van der Waals surface area (Å²) < 4.78 is 23.2. The van der Waals surface area contributed by atoms with Crippen molar-refractivity contribution < 1.29 is 13.3 Å². The molecule has 0 spiro atoms. The molecular weight excluding hydrogens is 593 g/mol. The Kier molecular flexibility index (Phi) is 17.5. The first-order chi connectivity index (χ1) is 19.6. The average Bonchev–Trinajstić information content (AvgIpc) is 2.92. The summed E-state index contributed by atoms with van der Waals surface area (Å²) >= 11 is 0. The lowest BCUT2D eigenvalue weighted by molar-refractivity contribution is -0.0391. The smallest absolute Gasteiger partial charge is 0.217 e. The van der Waals surface area contributed by atoms with Gasteiger partial charge >= 0.3 is 0 Å². The Bertz CT molecular complexity index is 776. The summed E-state index contributed by atoms with van der Waals surface area (Å²) in [4.78, 5) is 0. The number of unbranched alkanes of at least 4 members (excludes halogenated alkanes) is 5. The minimum absolute atomic E-state index is 0.0274. The Morgan fingerprint density at radius 1 is 0.488 bits per heavy atom. The van der Waals surface area contributed by atoms with Crippen LogP contribution in [0.4, 0.5) is 0 Å². The second-order valence-corrected chi connectivity index (χ2v) is 34.9. The van der Waals surface area contributed by atoms with Crippen molar-refractivity contribution in [3.63, 3.8) is 0 Å². The number of hydrogen-bond acceptors (Lipinski definition) is 3. The van der Waals surface area contributed by atoms with Crippen molar-refractivity contribution in [2.75, 3.05) is 0 Å². The molecule has 0 heterocycles. The van der Waals surface area contributed by atoms with Crippen LogP contribution in [-0.2, 0) is 13.3 Å². The summed E-state index contributed by atoms with van der Waals surface area (Å²) in [5, 5.41) is -0.183. The predicted octanol–water partition coefficient (Wildman–Crippen LogP) is 13.3. The number of rotatable bonds is 24. The maximum Gasteiger partial charge on any atom is 0.217 e. The highest BCUT2D eigenvalue weighted by molar-refractivity contribution is 6.82. The highest BCUT2D eigenvalue weighted by Crippen LogP contribution is 2.62. The van der Waals surface area contributed by atoms with Crippen LogP contribution >= 0.6 is 0 Å². The van der Waals surface area contributed by atoms with Gasteiger partial charge in [0.1, 0.15) is 0 Å². The highest BCUT2D eigenvalue weighted by Gasteiger charge is 2.65. The highest BCUT2D eigenvalue weighted by atomic mass is 28.4. The fraction of sp³-hybridized carbons (Fsp3) is 1.00. The molecule has 2 unspecified atom stereocenters. The molecule has 0 N–H and O–H groups in total. The molecule has 0 aliphatic carbocycles. The van der Waals surface area contributed by atoms with Crippen LogP contribution < -0.4 is 0 Å². The Morgan fingerprint density at radius 2 is 0.953 bits per heavy atom. The molecule has 0 radical (unpaired) electrons. The monoisotopic (exact) mass is 675 g/mol. The Hall–Kier alpha value is 0.748. The third kappa shape index (κ3) is 9.88. The van der Waals surface area contributed by atoms with Crippen molar-refractivity contribution in [2.24, 2.45) is 0 Å². The largest absolute Gasteiger partial charge is 0.414 e. The molecule has 7 heteroatoms. The van der Waals surface area contributed by atoms with Crippen molar-refractivity contribution in [1.82, 2.24) is 0 Å². The van der Waals surface area contributed by atoms with E-state index in [2.05, 4.69) is 121 Å². The van der Waals surface area contributed by atoms with Crippen LogP contribution in [0.2, 0.25) is 70.0 Å². The van der Waals surface area contributed by atoms with E-state index in [1.165, 1.54) is 44.6 Å². The van der Waals surface area contributed by atoms with Gasteiger partial charge in [-0.25, -0.2) is 0 Å². The van der Waals surface area contributed by atoms with Crippen molar-refractivity contribution in [2.45, 2.75) is 232 Å². The van der Waals surface area contributed by atoms with Crippen molar-refractivity contribution >= 4 is 33.0 Å². The molecule has 0 rings (SSSR count). The summed E-state index contributed by atoms with van der Waals surface area (Å²) in [6.07, 6.45) is 15.5. The third-order valence-electron chi connectivity index (χ3n) is 12.1. The van der Waals surface area contributed by atoms with Crippen LogP contribution in [0.1, 0.15) is 146 Å². The molecule has 0 aromatic rings. The molecule has 0 saturated heterocycles. The van der Waals surface area contributed by atoms with E-state index in [0.717, 1.165) is 44.9 Å². The molecule has 0 amide bonds. The van der Waals surface area contributed by atoms with Gasteiger partial charge in [0, 0.05) is 10.3 Å². The molecule has 2 atom stereocenters. The summed E-state index contributed by atoms with van der Waals surface area (Å²) in [5.41, 5.74) is -0.220. The van der Waals surface area contributed by atoms with Crippen molar-refractivity contribution in [1.29, 1.82) is 0 Å². The van der Waals surface area contributed by atoms with Crippen LogP contribution in [-0.4, -0.2) is 49.1 Å². The molecule has 0 aromatic carbocycles. The fourth-order valence-corrected chi connectivity index (χ4v) is 24.2. The third-order valence-corrected chi connectivity index (χ3v) is 26.5. The topological polar surface area (TPSA) is 27.7 Å². The van der Waals surface area contributed by atoms with Gasteiger partial charge in [-0.15, -0.1) is 0 Å². The van der Waals surface area contributed by atoms with Gasteiger partial charge < -0.3 is 13.3 Å². The molecule has 0 saturated carbocycles. The van der Waals surface area contributed by atoms with Crippen molar-refractivity contribution in [3.05, 3.63) is 0 Å². The van der Waals surface area contributed by atoms with E-state index in [9.17, 15) is 0 Å². The van der Waals surface area contributed by atoms with E-state index in [1.54, 1.807) is 0 Å². The zero-order valence-corrected chi connectivity index (χ0v) is 37.1. The van der Waals surface area contributed by atoms with E-state index in [1.807, 2.05) is 0 Å². The Labute approximate surface area is 277 Å². The van der Waals surface area contributed by atoms with Gasteiger partial charge in [-0.2, -0.15) is 0 Å². The van der Waals surface area contributed by atoms with E-state index in [-0.39, 0.29) is 21.1 Å². The van der Waals surface area contributed by atoms with Crippen molar-refractivity contribution in [3.8, 4) is 0 Å². The first-order valence-corrected chi connectivity index (χ1v) is 31.1. The average molecular weight is 675 g/mol. The van der Waals surface area contributed by atoms with E-state index < -0.39 is 33.0 Å². The molecule has 0 aromatic heterocycles. The lowest BCUT2D eigenvalue weighted by Gasteiger charge is -2.63. The zero-order valence-electron chi connectivity index (χ0n) is 33.1. The molecule has 260 valence electrons. The molecule has 0 fully saturated rings. The predicted molar refractivity (Wildman–Crippen MR) is 206 cm³/mol. The number of hydrogen-bond donors (Lipinski definition) is 0. The van der Waals surface area contributed by atoms with Gasteiger partial charge in [0.2, 0.25) is 8.32 Å². The minimum Gasteiger partial charge on any atom is -0.414 e. The van der Waals surface area contributed by atoms with Crippen LogP contribution in [0.5, 0.6) is 0 Å². The van der Waals surface area contributed by atoms with E-state index >= 15 is 0 Å². The standard InChI is InChI=1S/C36H82O3Si4/c1-19-27-28-29-30-31-32-43(18,37-33(9,20-2)40(10,11)12)35(23-5,24-6)34(21-3,22-4)38-42(16,17)36(25-7,26-8)39-41(13,14)15/h19-32H2,1-18H3. The first-order valence-electron chi connectivity index (χ1n) is 18.7. The normalized spacial score (nSPS) is 17.2. The quantitative estimate of drug-likeness (QED) is 0.0753. The van der Waals surface area contributed by atoms with Gasteiger partial charge in [0.15, 0.2) is 16.6 Å². The SMILES string of the molecule is CCCCCCCC[Si](C)(OC(C)(CC)[Si](C)(C)C)C(CC)(CC)C(CC)(CC)O[Si](C)(C)C(CC)(CC)O[Si](C)(C)C. The van der Waals surface area contributed by atoms with Crippen LogP contribution in [0.3, 0.4) is 0 Å². The molecule has 0 aliphatic heterocycles. The first kappa shape index (κ1) is 43.7. The van der Waals surface area contributed by atoms with E-state index in [4.69, 9.17) is 13.3 Å². The van der Waals surface area contributed by atoms with Gasteiger partial charge in [-0.1, -0.05) is 114 Å². The molecular formula is C36H82O3Si4. The fourth-order valence-electron chi connectivity index (χ4n) is 8.71. The van der Waals surface area contributed by atoms with E-state index in [0.29, 0.717) is 0 Å². The van der Waals surface area contributed by atoms with Gasteiger partial charge in [0.25, 0.3) is 0 Å². The summed E-state index contributed by atoms with van der Waals surface area (Å²) in [5.74, 6) is 0. The molecule has 43 heavy (non-hydrogen) atoms. The maximum absolute atomic E-state index is 8.01. The minimum atomic E-state index is -2.37. The second kappa shape index (κ2) is 17.2. The maximum atomic E-state index is 8.01. The van der Waals surface area contributed by atoms with Gasteiger partial charge in [-0.05, 0) is 97.2 Å². The summed E-state index contributed by atoms with van der Waals surface area (Å²) in [6, 6.07) is 1.24. The van der Waals surface area contributed by atoms with Crippen LogP contribution in [0.15, 0.2) is 0 Å². The zero-order chi connectivity index (χ0) is 34.0. The van der Waals surface area contributed by atoms with Gasteiger partial charge in [0.05, 0.1) is 18.9 Å². The van der Waals surface area contributed by atoms with Crippen LogP contribution in [0.25, 0.3) is 0 Å².